The summed E-state index contributed by atoms with van der Waals surface area (Å²) in [6, 6.07) is 14.0. The van der Waals surface area contributed by atoms with E-state index in [1.807, 2.05) is 50.2 Å². The van der Waals surface area contributed by atoms with Crippen molar-refractivity contribution in [1.82, 2.24) is 10.6 Å². The Kier molecular flexibility index (Phi) is 7.08. The molecule has 0 saturated carbocycles. The molecule has 0 fully saturated rings. The van der Waals surface area contributed by atoms with Crippen molar-refractivity contribution in [3.63, 3.8) is 0 Å². The molecule has 0 radical (unpaired) electrons. The van der Waals surface area contributed by atoms with Crippen LogP contribution in [0.4, 0.5) is 4.79 Å². The molecule has 0 bridgehead atoms. The minimum atomic E-state index is -0.626. The minimum absolute atomic E-state index is 0.0119. The summed E-state index contributed by atoms with van der Waals surface area (Å²) >= 11 is -0.481. The zero-order chi connectivity index (χ0) is 21.7. The number of ether oxygens (including phenoxy) is 1. The van der Waals surface area contributed by atoms with Gasteiger partial charge in [-0.2, -0.15) is 0 Å². The molecule has 156 valence electrons. The maximum absolute atomic E-state index is 12.8. The van der Waals surface area contributed by atoms with Crippen LogP contribution in [0.2, 0.25) is 5.32 Å². The van der Waals surface area contributed by atoms with Crippen molar-refractivity contribution >= 4 is 31.6 Å². The third kappa shape index (κ3) is 5.17. The molecule has 0 aromatic heterocycles. The Morgan fingerprint density at radius 3 is 2.20 bits per heavy atom. The first-order valence-corrected chi connectivity index (χ1v) is 11.7. The quantitative estimate of drug-likeness (QED) is 0.479. The van der Waals surface area contributed by atoms with Crippen molar-refractivity contribution in [2.45, 2.75) is 32.1 Å². The molecule has 2 N–H and O–H groups in total. The van der Waals surface area contributed by atoms with E-state index in [4.69, 9.17) is 4.74 Å². The summed E-state index contributed by atoms with van der Waals surface area (Å²) in [6.45, 7) is 5.89. The van der Waals surface area contributed by atoms with Gasteiger partial charge in [-0.05, 0) is 0 Å². The van der Waals surface area contributed by atoms with Crippen LogP contribution >= 0.6 is 0 Å². The van der Waals surface area contributed by atoms with Gasteiger partial charge in [0.15, 0.2) is 0 Å². The molecule has 2 aromatic carbocycles. The van der Waals surface area contributed by atoms with Gasteiger partial charge in [0, 0.05) is 0 Å². The second kappa shape index (κ2) is 9.74. The number of amides is 2. The average Bonchev–Trinajstić information content (AvgIpc) is 2.72. The second-order valence-corrected chi connectivity index (χ2v) is 8.99. The Hall–Kier alpha value is -2.89. The van der Waals surface area contributed by atoms with Crippen LogP contribution in [-0.4, -0.2) is 38.2 Å². The van der Waals surface area contributed by atoms with Crippen LogP contribution in [0.5, 0.6) is 0 Å². The number of esters is 1. The molecule has 3 rings (SSSR count). The van der Waals surface area contributed by atoms with E-state index in [1.54, 1.807) is 19.1 Å². The molecule has 0 aliphatic carbocycles. The van der Waals surface area contributed by atoms with Gasteiger partial charge >= 0.3 is 182 Å². The number of nitrogens with one attached hydrogen (secondary N) is 2. The van der Waals surface area contributed by atoms with Gasteiger partial charge in [0.25, 0.3) is 0 Å². The van der Waals surface area contributed by atoms with Gasteiger partial charge in [-0.25, -0.2) is 0 Å². The van der Waals surface area contributed by atoms with Gasteiger partial charge < -0.3 is 0 Å². The number of carbonyl (C=O) groups is 3. The fourth-order valence-corrected chi connectivity index (χ4v) is 4.79. The summed E-state index contributed by atoms with van der Waals surface area (Å²) in [6.07, 6.45) is 0. The molecule has 30 heavy (non-hydrogen) atoms. The number of allylic oxidation sites excluding steroid dienone is 1. The number of carbonyl (C=O) groups excluding carboxylic acids is 3. The molecule has 1 atom stereocenters. The van der Waals surface area contributed by atoms with Crippen LogP contribution in [0.25, 0.3) is 0 Å². The Balaban J connectivity index is 1.91. The third-order valence-electron chi connectivity index (χ3n) is 4.69. The van der Waals surface area contributed by atoms with Gasteiger partial charge in [0.2, 0.25) is 0 Å². The molecule has 6 nitrogen and oxygen atoms in total. The van der Waals surface area contributed by atoms with E-state index in [0.29, 0.717) is 22.2 Å². The standard InChI is InChI=1S/C23H24N2O4Se/c1-4-29-21(26)19-18(13-30-22(27)17-11-7-15(3)8-12-17)24-23(28)25-20(19)16-9-5-14(2)6-10-16/h5-12,20H,4,13H2,1-3H3,(H2,24,25,28). The number of aryl methyl sites for hydroxylation is 2. The van der Waals surface area contributed by atoms with E-state index >= 15 is 0 Å². The van der Waals surface area contributed by atoms with Crippen LogP contribution < -0.4 is 10.6 Å². The van der Waals surface area contributed by atoms with Crippen LogP contribution in [0.15, 0.2) is 59.8 Å². The zero-order valence-corrected chi connectivity index (χ0v) is 18.9. The molecular formula is C23H24N2O4Se. The van der Waals surface area contributed by atoms with Crippen molar-refractivity contribution < 1.29 is 19.1 Å². The van der Waals surface area contributed by atoms with Crippen LogP contribution in [0.3, 0.4) is 0 Å². The average molecular weight is 471 g/mol. The van der Waals surface area contributed by atoms with Gasteiger partial charge in [-0.3, -0.25) is 0 Å². The Morgan fingerprint density at radius 1 is 1.00 bits per heavy atom. The van der Waals surface area contributed by atoms with E-state index in [2.05, 4.69) is 10.6 Å². The normalized spacial score (nSPS) is 16.0. The van der Waals surface area contributed by atoms with E-state index in [9.17, 15) is 14.4 Å². The first-order valence-electron chi connectivity index (χ1n) is 9.67. The van der Waals surface area contributed by atoms with Crippen molar-refractivity contribution in [1.29, 1.82) is 0 Å². The number of hydrogen-bond donors (Lipinski definition) is 2. The summed E-state index contributed by atoms with van der Waals surface area (Å²) in [7, 11) is 0. The fourth-order valence-electron chi connectivity index (χ4n) is 3.10. The van der Waals surface area contributed by atoms with Gasteiger partial charge in [-0.1, -0.05) is 0 Å². The maximum atomic E-state index is 12.8. The summed E-state index contributed by atoms with van der Waals surface area (Å²) in [5.41, 5.74) is 4.37. The van der Waals surface area contributed by atoms with Crippen molar-refractivity contribution in [2.24, 2.45) is 0 Å². The number of hydrogen-bond acceptors (Lipinski definition) is 4. The first-order chi connectivity index (χ1) is 14.4. The Bertz CT molecular complexity index is 981. The Labute approximate surface area is 182 Å². The second-order valence-electron chi connectivity index (χ2n) is 7.00. The molecule has 1 aliphatic heterocycles. The summed E-state index contributed by atoms with van der Waals surface area (Å²) < 4.78 is 5.27. The summed E-state index contributed by atoms with van der Waals surface area (Å²) in [5, 5.41) is 5.83. The molecule has 1 aliphatic rings. The van der Waals surface area contributed by atoms with E-state index in [0.717, 1.165) is 16.7 Å². The predicted molar refractivity (Wildman–Crippen MR) is 115 cm³/mol. The van der Waals surface area contributed by atoms with Crippen LogP contribution in [0, 0.1) is 13.8 Å². The van der Waals surface area contributed by atoms with Crippen LogP contribution in [-0.2, 0) is 9.53 Å². The summed E-state index contributed by atoms with van der Waals surface area (Å²) in [5.74, 6) is -0.496. The molecule has 1 heterocycles. The van der Waals surface area contributed by atoms with Crippen molar-refractivity contribution in [3.05, 3.63) is 82.1 Å². The van der Waals surface area contributed by atoms with E-state index < -0.39 is 33.0 Å². The molecule has 2 aromatic rings. The first kappa shape index (κ1) is 21.8. The summed E-state index contributed by atoms with van der Waals surface area (Å²) in [4.78, 5) is 37.7. The van der Waals surface area contributed by atoms with Crippen molar-refractivity contribution in [3.8, 4) is 0 Å². The third-order valence-corrected chi connectivity index (χ3v) is 6.65. The zero-order valence-electron chi connectivity index (χ0n) is 17.2. The van der Waals surface area contributed by atoms with Gasteiger partial charge in [0.05, 0.1) is 0 Å². The SMILES string of the molecule is CCOC(=O)C1=C(C[Se]C(=O)c2ccc(C)cc2)NC(=O)NC1c1ccc(C)cc1. The molecule has 1 unspecified atom stereocenters. The van der Waals surface area contributed by atoms with Crippen LogP contribution in [0.1, 0.15) is 40.0 Å². The monoisotopic (exact) mass is 472 g/mol. The van der Waals surface area contributed by atoms with Gasteiger partial charge in [-0.15, -0.1) is 0 Å². The Morgan fingerprint density at radius 2 is 1.60 bits per heavy atom. The predicted octanol–water partition coefficient (Wildman–Crippen LogP) is 3.44. The molecule has 0 saturated heterocycles. The molecule has 0 spiro atoms. The molecule has 7 heteroatoms. The fraction of sp³-hybridized carbons (Fsp3) is 0.261. The van der Waals surface area contributed by atoms with Gasteiger partial charge in [0.1, 0.15) is 0 Å². The topological polar surface area (TPSA) is 84.5 Å². The van der Waals surface area contributed by atoms with Crippen molar-refractivity contribution in [2.75, 3.05) is 6.61 Å². The van der Waals surface area contributed by atoms with E-state index in [1.165, 1.54) is 0 Å². The number of benzene rings is 2. The molecule has 2 amide bonds. The number of rotatable bonds is 7. The van der Waals surface area contributed by atoms with E-state index in [-0.39, 0.29) is 11.3 Å². The molecular weight excluding hydrogens is 447 g/mol. The number of urea groups is 1.